The van der Waals surface area contributed by atoms with Crippen LogP contribution in [0.5, 0.6) is 0 Å². The van der Waals surface area contributed by atoms with E-state index in [1.54, 1.807) is 0 Å². The van der Waals surface area contributed by atoms with Crippen LogP contribution in [0.3, 0.4) is 0 Å². The van der Waals surface area contributed by atoms with Gasteiger partial charge in [0.1, 0.15) is 0 Å². The van der Waals surface area contributed by atoms with Crippen LogP contribution in [0, 0.1) is 11.8 Å². The Morgan fingerprint density at radius 1 is 0.703 bits per heavy atom. The summed E-state index contributed by atoms with van der Waals surface area (Å²) in [5.41, 5.74) is 8.30. The summed E-state index contributed by atoms with van der Waals surface area (Å²) in [5.74, 6) is 6.42. The molecule has 4 aromatic carbocycles. The number of nitrogens with zero attached hydrogens (tertiary/aromatic N) is 3. The van der Waals surface area contributed by atoms with Crippen molar-refractivity contribution in [2.45, 2.75) is 13.8 Å². The van der Waals surface area contributed by atoms with Crippen molar-refractivity contribution in [1.82, 2.24) is 9.78 Å². The summed E-state index contributed by atoms with van der Waals surface area (Å²) in [7, 11) is 0. The quantitative estimate of drug-likeness (QED) is 0.219. The van der Waals surface area contributed by atoms with Gasteiger partial charge in [-0.05, 0) is 80.6 Å². The number of para-hydroxylation sites is 1. The molecule has 5 rings (SSSR count). The summed E-state index contributed by atoms with van der Waals surface area (Å²) < 4.78 is 2.02. The van der Waals surface area contributed by atoms with Gasteiger partial charge in [0, 0.05) is 46.1 Å². The fourth-order valence-corrected chi connectivity index (χ4v) is 4.45. The van der Waals surface area contributed by atoms with Gasteiger partial charge in [0.25, 0.3) is 0 Å². The molecule has 1 aromatic heterocycles. The molecule has 4 heteroatoms. The number of hydrogen-bond donors (Lipinski definition) is 0. The van der Waals surface area contributed by atoms with E-state index in [1.165, 1.54) is 5.69 Å². The smallest absolute Gasteiger partial charge is 0.0934 e. The zero-order valence-corrected chi connectivity index (χ0v) is 21.8. The summed E-state index contributed by atoms with van der Waals surface area (Å²) in [4.78, 5) is 2.35. The molecule has 0 fully saturated rings. The lowest BCUT2D eigenvalue weighted by molar-refractivity contribution is 0.866. The summed E-state index contributed by atoms with van der Waals surface area (Å²) in [6, 6.07) is 37.0. The molecule has 0 spiro atoms. The monoisotopic (exact) mass is 501 g/mol. The Hall–Kier alpha value is -4.26. The summed E-state index contributed by atoms with van der Waals surface area (Å²) in [6.45, 7) is 6.34. The second-order valence-electron chi connectivity index (χ2n) is 8.72. The van der Waals surface area contributed by atoms with Crippen LogP contribution in [0.2, 0.25) is 5.02 Å². The normalized spacial score (nSPS) is 10.6. The molecular formula is C33H28ClN3. The van der Waals surface area contributed by atoms with E-state index in [0.29, 0.717) is 5.02 Å². The summed E-state index contributed by atoms with van der Waals surface area (Å²) in [6.07, 6.45) is 0. The SMILES string of the molecule is CCN(CC)c1ccc(-c2cc(-c3ccc(C#Cc4ccc(Cl)cc4)cc3)nn2-c2ccccc2)cc1. The number of benzene rings is 4. The molecule has 0 saturated carbocycles. The van der Waals surface area contributed by atoms with Crippen LogP contribution in [-0.2, 0) is 0 Å². The lowest BCUT2D eigenvalue weighted by Gasteiger charge is -2.21. The second-order valence-corrected chi connectivity index (χ2v) is 9.15. The fourth-order valence-electron chi connectivity index (χ4n) is 4.33. The van der Waals surface area contributed by atoms with Crippen molar-refractivity contribution in [2.24, 2.45) is 0 Å². The van der Waals surface area contributed by atoms with Gasteiger partial charge in [-0.25, -0.2) is 4.68 Å². The van der Waals surface area contributed by atoms with Crippen LogP contribution in [0.15, 0.2) is 109 Å². The number of anilines is 1. The van der Waals surface area contributed by atoms with Gasteiger partial charge in [0.2, 0.25) is 0 Å². The molecule has 0 unspecified atom stereocenters. The van der Waals surface area contributed by atoms with Crippen LogP contribution < -0.4 is 4.90 Å². The molecule has 0 radical (unpaired) electrons. The first-order chi connectivity index (χ1) is 18.1. The van der Waals surface area contributed by atoms with Gasteiger partial charge in [-0.3, -0.25) is 0 Å². The molecule has 5 aromatic rings. The zero-order chi connectivity index (χ0) is 25.6. The third kappa shape index (κ3) is 5.61. The molecule has 3 nitrogen and oxygen atoms in total. The van der Waals surface area contributed by atoms with Crippen molar-refractivity contribution < 1.29 is 0 Å². The predicted octanol–water partition coefficient (Wildman–Crippen LogP) is 8.11. The molecule has 0 saturated heterocycles. The fraction of sp³-hybridized carbons (Fsp3) is 0.121. The van der Waals surface area contributed by atoms with Crippen LogP contribution in [-0.4, -0.2) is 22.9 Å². The highest BCUT2D eigenvalue weighted by Crippen LogP contribution is 2.30. The van der Waals surface area contributed by atoms with Gasteiger partial charge in [-0.1, -0.05) is 65.9 Å². The molecule has 37 heavy (non-hydrogen) atoms. The maximum absolute atomic E-state index is 5.97. The average molecular weight is 502 g/mol. The molecule has 182 valence electrons. The Balaban J connectivity index is 1.47. The summed E-state index contributed by atoms with van der Waals surface area (Å²) in [5, 5.41) is 5.72. The van der Waals surface area contributed by atoms with E-state index in [1.807, 2.05) is 59.3 Å². The largest absolute Gasteiger partial charge is 0.372 e. The predicted molar refractivity (Wildman–Crippen MR) is 155 cm³/mol. The minimum atomic E-state index is 0.712. The van der Waals surface area contributed by atoms with E-state index in [9.17, 15) is 0 Å². The first kappa shape index (κ1) is 24.4. The van der Waals surface area contributed by atoms with Gasteiger partial charge in [-0.2, -0.15) is 5.10 Å². The van der Waals surface area contributed by atoms with Crippen LogP contribution in [0.4, 0.5) is 5.69 Å². The Morgan fingerprint density at radius 2 is 1.27 bits per heavy atom. The molecule has 0 atom stereocenters. The molecule has 0 bridgehead atoms. The van der Waals surface area contributed by atoms with Crippen LogP contribution >= 0.6 is 11.6 Å². The highest BCUT2D eigenvalue weighted by Gasteiger charge is 2.14. The van der Waals surface area contributed by atoms with Crippen LogP contribution in [0.1, 0.15) is 25.0 Å². The molecule has 0 amide bonds. The maximum atomic E-state index is 5.97. The minimum absolute atomic E-state index is 0.712. The molecule has 0 aliphatic rings. The Bertz CT molecular complexity index is 1520. The van der Waals surface area contributed by atoms with Gasteiger partial charge < -0.3 is 4.90 Å². The van der Waals surface area contributed by atoms with E-state index in [2.05, 4.69) is 85.2 Å². The summed E-state index contributed by atoms with van der Waals surface area (Å²) >= 11 is 5.97. The van der Waals surface area contributed by atoms with Crippen molar-refractivity contribution in [3.8, 4) is 40.0 Å². The zero-order valence-electron chi connectivity index (χ0n) is 21.0. The van der Waals surface area contributed by atoms with Crippen molar-refractivity contribution in [3.63, 3.8) is 0 Å². The molecule has 1 heterocycles. The highest BCUT2D eigenvalue weighted by molar-refractivity contribution is 6.30. The number of halogens is 1. The molecule has 0 N–H and O–H groups in total. The van der Waals surface area contributed by atoms with Crippen molar-refractivity contribution >= 4 is 17.3 Å². The minimum Gasteiger partial charge on any atom is -0.372 e. The average Bonchev–Trinajstić information content (AvgIpc) is 3.40. The van der Waals surface area contributed by atoms with E-state index in [4.69, 9.17) is 16.7 Å². The number of rotatable bonds is 6. The van der Waals surface area contributed by atoms with Gasteiger partial charge in [0.15, 0.2) is 0 Å². The Kier molecular flexibility index (Phi) is 7.40. The topological polar surface area (TPSA) is 21.1 Å². The van der Waals surface area contributed by atoms with E-state index >= 15 is 0 Å². The third-order valence-electron chi connectivity index (χ3n) is 6.38. The number of aromatic nitrogens is 2. The van der Waals surface area contributed by atoms with E-state index < -0.39 is 0 Å². The Morgan fingerprint density at radius 3 is 1.86 bits per heavy atom. The van der Waals surface area contributed by atoms with E-state index in [-0.39, 0.29) is 0 Å². The first-order valence-corrected chi connectivity index (χ1v) is 12.9. The third-order valence-corrected chi connectivity index (χ3v) is 6.63. The van der Waals surface area contributed by atoms with Gasteiger partial charge >= 0.3 is 0 Å². The van der Waals surface area contributed by atoms with Crippen molar-refractivity contribution in [2.75, 3.05) is 18.0 Å². The highest BCUT2D eigenvalue weighted by atomic mass is 35.5. The van der Waals surface area contributed by atoms with Crippen LogP contribution in [0.25, 0.3) is 28.2 Å². The maximum Gasteiger partial charge on any atom is 0.0934 e. The van der Waals surface area contributed by atoms with Crippen molar-refractivity contribution in [1.29, 1.82) is 0 Å². The van der Waals surface area contributed by atoms with Crippen molar-refractivity contribution in [3.05, 3.63) is 125 Å². The second kappa shape index (κ2) is 11.2. The lowest BCUT2D eigenvalue weighted by atomic mass is 10.1. The van der Waals surface area contributed by atoms with Gasteiger partial charge in [-0.15, -0.1) is 0 Å². The molecule has 0 aliphatic carbocycles. The van der Waals surface area contributed by atoms with E-state index in [0.717, 1.165) is 52.4 Å². The van der Waals surface area contributed by atoms with Gasteiger partial charge in [0.05, 0.1) is 17.1 Å². The lowest BCUT2D eigenvalue weighted by Crippen LogP contribution is -2.21. The molecular weight excluding hydrogens is 474 g/mol. The Labute approximate surface area is 224 Å². The first-order valence-electron chi connectivity index (χ1n) is 12.5. The molecule has 0 aliphatic heterocycles. The standard InChI is InChI=1S/C33H28ClN3/c1-3-36(4-2)30-22-18-28(19-23-30)33-24-32(35-37(33)31-8-6-5-7-9-31)27-16-12-25(13-17-27)10-11-26-14-20-29(34)21-15-26/h5-9,12-24H,3-4H2,1-2H3. The number of hydrogen-bond acceptors (Lipinski definition) is 2.